The van der Waals surface area contributed by atoms with Gasteiger partial charge in [0, 0.05) is 6.54 Å². The van der Waals surface area contributed by atoms with Crippen molar-refractivity contribution in [3.8, 4) is 0 Å². The minimum atomic E-state index is -4.43. The second-order valence-electron chi connectivity index (χ2n) is 2.26. The first-order valence-electron chi connectivity index (χ1n) is 3.68. The third-order valence-corrected chi connectivity index (χ3v) is 0.936. The second kappa shape index (κ2) is 5.63. The fourth-order valence-corrected chi connectivity index (χ4v) is 0.458. The molecule has 0 saturated carbocycles. The number of nitrogens with one attached hydrogen (secondary N) is 2. The van der Waals surface area contributed by atoms with Crippen LogP contribution in [0.5, 0.6) is 0 Å². The Kier molecular flexibility index (Phi) is 5.20. The summed E-state index contributed by atoms with van der Waals surface area (Å²) in [4.78, 5) is 14.4. The van der Waals surface area contributed by atoms with Crippen LogP contribution in [-0.4, -0.2) is 25.4 Å². The Labute approximate surface area is 73.4 Å². The molecular weight excluding hydrogens is 189 g/mol. The Balaban J connectivity index is 3.37. The molecule has 2 N–H and O–H groups in total. The van der Waals surface area contributed by atoms with Crippen LogP contribution < -0.4 is 10.8 Å². The number of rotatable bonds is 4. The van der Waals surface area contributed by atoms with Gasteiger partial charge in [-0.25, -0.2) is 10.3 Å². The fourth-order valence-electron chi connectivity index (χ4n) is 0.458. The normalized spacial score (nSPS) is 11.1. The molecule has 7 heteroatoms. The van der Waals surface area contributed by atoms with Gasteiger partial charge in [0.2, 0.25) is 0 Å². The van der Waals surface area contributed by atoms with Gasteiger partial charge in [0.1, 0.15) is 0 Å². The zero-order valence-electron chi connectivity index (χ0n) is 7.07. The number of alkyl halides is 3. The zero-order valence-corrected chi connectivity index (χ0v) is 7.07. The maximum Gasteiger partial charge on any atom is 0.414 e. The van der Waals surface area contributed by atoms with Crippen molar-refractivity contribution >= 4 is 6.03 Å². The Morgan fingerprint density at radius 1 is 1.46 bits per heavy atom. The van der Waals surface area contributed by atoms with E-state index in [1.807, 2.05) is 6.92 Å². The number of carbonyl (C=O) groups is 1. The van der Waals surface area contributed by atoms with E-state index in [1.165, 1.54) is 0 Å². The summed E-state index contributed by atoms with van der Waals surface area (Å²) in [6.45, 7) is 0.713. The fraction of sp³-hybridized carbons (Fsp3) is 0.833. The maximum atomic E-state index is 11.5. The summed E-state index contributed by atoms with van der Waals surface area (Å²) in [5, 5.41) is 2.28. The van der Waals surface area contributed by atoms with Crippen molar-refractivity contribution < 1.29 is 22.8 Å². The quantitative estimate of drug-likeness (QED) is 0.669. The molecule has 0 aliphatic heterocycles. The van der Waals surface area contributed by atoms with Gasteiger partial charge in [-0.1, -0.05) is 6.92 Å². The van der Waals surface area contributed by atoms with Gasteiger partial charge in [0.15, 0.2) is 6.61 Å². The second-order valence-corrected chi connectivity index (χ2v) is 2.26. The number of hydroxylamine groups is 1. The molecule has 0 spiro atoms. The lowest BCUT2D eigenvalue weighted by Gasteiger charge is -2.08. The molecule has 0 bridgehead atoms. The monoisotopic (exact) mass is 200 g/mol. The minimum Gasteiger partial charge on any atom is -0.336 e. The van der Waals surface area contributed by atoms with E-state index < -0.39 is 18.8 Å². The Morgan fingerprint density at radius 3 is 2.54 bits per heavy atom. The van der Waals surface area contributed by atoms with Crippen molar-refractivity contribution in [3.63, 3.8) is 0 Å². The van der Waals surface area contributed by atoms with E-state index in [4.69, 9.17) is 0 Å². The number of urea groups is 1. The number of hydrogen-bond donors (Lipinski definition) is 2. The third-order valence-electron chi connectivity index (χ3n) is 0.936. The molecule has 13 heavy (non-hydrogen) atoms. The molecule has 78 valence electrons. The molecule has 0 aliphatic rings. The van der Waals surface area contributed by atoms with Gasteiger partial charge < -0.3 is 5.32 Å². The van der Waals surface area contributed by atoms with Crippen LogP contribution in [0.25, 0.3) is 0 Å². The van der Waals surface area contributed by atoms with Crippen molar-refractivity contribution in [1.82, 2.24) is 10.8 Å². The Hall–Kier alpha value is -0.980. The highest BCUT2D eigenvalue weighted by molar-refractivity contribution is 5.72. The summed E-state index contributed by atoms with van der Waals surface area (Å²) >= 11 is 0. The SMILES string of the molecule is CCCNC(=O)NOCC(F)(F)F. The lowest BCUT2D eigenvalue weighted by molar-refractivity contribution is -0.184. The van der Waals surface area contributed by atoms with Crippen LogP contribution in [0, 0.1) is 0 Å². The van der Waals surface area contributed by atoms with E-state index >= 15 is 0 Å². The number of carbonyl (C=O) groups excluding carboxylic acids is 1. The average molecular weight is 200 g/mol. The molecule has 0 radical (unpaired) electrons. The third kappa shape index (κ3) is 8.93. The first-order chi connectivity index (χ1) is 5.95. The molecule has 4 nitrogen and oxygen atoms in total. The molecule has 0 unspecified atom stereocenters. The van der Waals surface area contributed by atoms with E-state index in [1.54, 1.807) is 5.48 Å². The molecule has 2 amide bonds. The van der Waals surface area contributed by atoms with Crippen LogP contribution in [0.2, 0.25) is 0 Å². The standard InChI is InChI=1S/C6H11F3N2O2/c1-2-3-10-5(12)11-13-4-6(7,8)9/h2-4H2,1H3,(H2,10,11,12). The maximum absolute atomic E-state index is 11.5. The summed E-state index contributed by atoms with van der Waals surface area (Å²) < 4.78 is 34.4. The number of halogens is 3. The zero-order chi connectivity index (χ0) is 10.3. The Morgan fingerprint density at radius 2 is 2.08 bits per heavy atom. The predicted molar refractivity (Wildman–Crippen MR) is 38.8 cm³/mol. The van der Waals surface area contributed by atoms with Crippen LogP contribution in [0.15, 0.2) is 0 Å². The summed E-state index contributed by atoms with van der Waals surface area (Å²) in [7, 11) is 0. The van der Waals surface area contributed by atoms with Crippen LogP contribution in [-0.2, 0) is 4.84 Å². The summed E-state index contributed by atoms with van der Waals surface area (Å²) in [5.74, 6) is 0. The van der Waals surface area contributed by atoms with Crippen LogP contribution in [0.4, 0.5) is 18.0 Å². The van der Waals surface area contributed by atoms with Crippen LogP contribution in [0.3, 0.4) is 0 Å². The molecule has 0 atom stereocenters. The van der Waals surface area contributed by atoms with Crippen LogP contribution >= 0.6 is 0 Å². The van der Waals surface area contributed by atoms with E-state index in [0.717, 1.165) is 0 Å². The summed E-state index contributed by atoms with van der Waals surface area (Å²) in [6.07, 6.45) is -3.73. The van der Waals surface area contributed by atoms with Crippen LogP contribution in [0.1, 0.15) is 13.3 Å². The number of amides is 2. The van der Waals surface area contributed by atoms with Gasteiger partial charge in [0.05, 0.1) is 0 Å². The van der Waals surface area contributed by atoms with Crippen molar-refractivity contribution in [2.75, 3.05) is 13.2 Å². The van der Waals surface area contributed by atoms with E-state index in [2.05, 4.69) is 10.2 Å². The molecule has 0 aromatic carbocycles. The van der Waals surface area contributed by atoms with Crippen molar-refractivity contribution in [3.05, 3.63) is 0 Å². The molecule has 0 saturated heterocycles. The molecule has 0 aromatic heterocycles. The summed E-state index contributed by atoms with van der Waals surface area (Å²) in [6, 6.07) is -0.772. The highest BCUT2D eigenvalue weighted by Crippen LogP contribution is 2.13. The lowest BCUT2D eigenvalue weighted by atomic mass is 10.5. The van der Waals surface area contributed by atoms with Gasteiger partial charge in [-0.05, 0) is 6.42 Å². The first kappa shape index (κ1) is 12.0. The van der Waals surface area contributed by atoms with Gasteiger partial charge >= 0.3 is 12.2 Å². The van der Waals surface area contributed by atoms with E-state index in [0.29, 0.717) is 13.0 Å². The van der Waals surface area contributed by atoms with Gasteiger partial charge in [0.25, 0.3) is 0 Å². The van der Waals surface area contributed by atoms with Gasteiger partial charge in [-0.2, -0.15) is 13.2 Å². The highest BCUT2D eigenvalue weighted by atomic mass is 19.4. The van der Waals surface area contributed by atoms with Gasteiger partial charge in [-0.3, -0.25) is 4.84 Å². The smallest absolute Gasteiger partial charge is 0.336 e. The predicted octanol–water partition coefficient (Wildman–Crippen LogP) is 1.19. The average Bonchev–Trinajstić information content (AvgIpc) is 1.98. The molecule has 0 heterocycles. The van der Waals surface area contributed by atoms with Crippen molar-refractivity contribution in [1.29, 1.82) is 0 Å². The minimum absolute atomic E-state index is 0.390. The topological polar surface area (TPSA) is 50.4 Å². The molecule has 0 rings (SSSR count). The van der Waals surface area contributed by atoms with E-state index in [-0.39, 0.29) is 0 Å². The van der Waals surface area contributed by atoms with Gasteiger partial charge in [-0.15, -0.1) is 0 Å². The van der Waals surface area contributed by atoms with Crippen molar-refractivity contribution in [2.24, 2.45) is 0 Å². The largest absolute Gasteiger partial charge is 0.414 e. The molecule has 0 fully saturated rings. The van der Waals surface area contributed by atoms with E-state index in [9.17, 15) is 18.0 Å². The van der Waals surface area contributed by atoms with Crippen molar-refractivity contribution in [2.45, 2.75) is 19.5 Å². The Bertz CT molecular complexity index is 160. The molecule has 0 aromatic rings. The highest BCUT2D eigenvalue weighted by Gasteiger charge is 2.28. The lowest BCUT2D eigenvalue weighted by Crippen LogP contribution is -2.37. The first-order valence-corrected chi connectivity index (χ1v) is 3.68. The molecule has 0 aliphatic carbocycles. The molecular formula is C6H11F3N2O2. The summed E-state index contributed by atoms with van der Waals surface area (Å²) in [5.41, 5.74) is 1.60. The number of hydrogen-bond acceptors (Lipinski definition) is 2.